The second-order valence-corrected chi connectivity index (χ2v) is 7.08. The topological polar surface area (TPSA) is 58.2 Å². The molecule has 0 aliphatic carbocycles. The maximum atomic E-state index is 13.9. The third kappa shape index (κ3) is 5.05. The van der Waals surface area contributed by atoms with Crippen LogP contribution < -0.4 is 10.0 Å². The van der Waals surface area contributed by atoms with Gasteiger partial charge in [-0.05, 0) is 37.1 Å². The van der Waals surface area contributed by atoms with Crippen molar-refractivity contribution in [1.29, 1.82) is 0 Å². The van der Waals surface area contributed by atoms with Crippen LogP contribution in [0.3, 0.4) is 0 Å². The van der Waals surface area contributed by atoms with Gasteiger partial charge in [0, 0.05) is 18.7 Å². The molecular formula is C15H25FN2O2S. The van der Waals surface area contributed by atoms with Crippen LogP contribution in [-0.2, 0) is 16.6 Å². The summed E-state index contributed by atoms with van der Waals surface area (Å²) in [7, 11) is -3.68. The molecule has 120 valence electrons. The molecule has 1 atom stereocenters. The molecule has 1 aromatic carbocycles. The fourth-order valence-corrected chi connectivity index (χ4v) is 3.30. The molecule has 1 rings (SSSR count). The SMILES string of the molecule is CCNCc1cc(F)c(C)c(S(=O)(=O)NCC(C)CC)c1. The van der Waals surface area contributed by atoms with Crippen LogP contribution in [0.2, 0.25) is 0 Å². The number of hydrogen-bond acceptors (Lipinski definition) is 3. The average molecular weight is 316 g/mol. The predicted molar refractivity (Wildman–Crippen MR) is 83.2 cm³/mol. The molecule has 0 bridgehead atoms. The smallest absolute Gasteiger partial charge is 0.240 e. The zero-order chi connectivity index (χ0) is 16.0. The van der Waals surface area contributed by atoms with Crippen molar-refractivity contribution in [2.75, 3.05) is 13.1 Å². The van der Waals surface area contributed by atoms with Crippen molar-refractivity contribution in [3.63, 3.8) is 0 Å². The summed E-state index contributed by atoms with van der Waals surface area (Å²) in [5, 5.41) is 3.07. The lowest BCUT2D eigenvalue weighted by Gasteiger charge is -2.14. The molecule has 1 unspecified atom stereocenters. The van der Waals surface area contributed by atoms with Crippen molar-refractivity contribution in [3.8, 4) is 0 Å². The van der Waals surface area contributed by atoms with E-state index < -0.39 is 15.8 Å². The Labute approximate surface area is 127 Å². The van der Waals surface area contributed by atoms with E-state index >= 15 is 0 Å². The monoisotopic (exact) mass is 316 g/mol. The molecule has 0 heterocycles. The summed E-state index contributed by atoms with van der Waals surface area (Å²) < 4.78 is 41.2. The molecule has 2 N–H and O–H groups in total. The van der Waals surface area contributed by atoms with E-state index in [1.165, 1.54) is 13.0 Å². The summed E-state index contributed by atoms with van der Waals surface area (Å²) in [5.41, 5.74) is 0.788. The van der Waals surface area contributed by atoms with Gasteiger partial charge in [-0.15, -0.1) is 0 Å². The first kappa shape index (κ1) is 18.1. The Hall–Kier alpha value is -0.980. The first-order chi connectivity index (χ1) is 9.81. The van der Waals surface area contributed by atoms with Gasteiger partial charge < -0.3 is 5.32 Å². The van der Waals surface area contributed by atoms with E-state index in [0.29, 0.717) is 18.7 Å². The zero-order valence-corrected chi connectivity index (χ0v) is 14.0. The van der Waals surface area contributed by atoms with E-state index in [1.54, 1.807) is 6.07 Å². The molecule has 4 nitrogen and oxygen atoms in total. The van der Waals surface area contributed by atoms with Crippen LogP contribution in [0.25, 0.3) is 0 Å². The second-order valence-electron chi connectivity index (χ2n) is 5.35. The minimum atomic E-state index is -3.68. The van der Waals surface area contributed by atoms with Gasteiger partial charge in [-0.2, -0.15) is 0 Å². The van der Waals surface area contributed by atoms with Gasteiger partial charge in [0.05, 0.1) is 4.90 Å². The second kappa shape index (κ2) is 7.87. The summed E-state index contributed by atoms with van der Waals surface area (Å²) >= 11 is 0. The summed E-state index contributed by atoms with van der Waals surface area (Å²) in [6.45, 7) is 8.95. The number of halogens is 1. The normalized spacial score (nSPS) is 13.4. The summed E-state index contributed by atoms with van der Waals surface area (Å²) in [6, 6.07) is 2.92. The Balaban J connectivity index is 3.06. The summed E-state index contributed by atoms with van der Waals surface area (Å²) in [4.78, 5) is 0.0266. The lowest BCUT2D eigenvalue weighted by Crippen LogP contribution is -2.29. The summed E-state index contributed by atoms with van der Waals surface area (Å²) in [6.07, 6.45) is 0.885. The Bertz CT molecular complexity index is 573. The summed E-state index contributed by atoms with van der Waals surface area (Å²) in [5.74, 6) is -0.246. The fraction of sp³-hybridized carbons (Fsp3) is 0.600. The van der Waals surface area contributed by atoms with Crippen LogP contribution in [0, 0.1) is 18.7 Å². The number of benzene rings is 1. The van der Waals surface area contributed by atoms with Crippen LogP contribution >= 0.6 is 0 Å². The van der Waals surface area contributed by atoms with E-state index in [1.807, 2.05) is 20.8 Å². The fourth-order valence-electron chi connectivity index (χ4n) is 1.83. The van der Waals surface area contributed by atoms with E-state index in [-0.39, 0.29) is 16.4 Å². The molecule has 0 radical (unpaired) electrons. The third-order valence-corrected chi connectivity index (χ3v) is 5.09. The highest BCUT2D eigenvalue weighted by Crippen LogP contribution is 2.21. The molecule has 0 saturated carbocycles. The van der Waals surface area contributed by atoms with Gasteiger partial charge >= 0.3 is 0 Å². The Morgan fingerprint density at radius 1 is 1.29 bits per heavy atom. The van der Waals surface area contributed by atoms with Gasteiger partial charge in [0.2, 0.25) is 10.0 Å². The van der Waals surface area contributed by atoms with E-state index in [0.717, 1.165) is 13.0 Å². The molecule has 21 heavy (non-hydrogen) atoms. The van der Waals surface area contributed by atoms with Crippen LogP contribution in [-0.4, -0.2) is 21.5 Å². The van der Waals surface area contributed by atoms with Crippen LogP contribution in [0.5, 0.6) is 0 Å². The van der Waals surface area contributed by atoms with E-state index in [2.05, 4.69) is 10.0 Å². The minimum Gasteiger partial charge on any atom is -0.313 e. The predicted octanol–water partition coefficient (Wildman–Crippen LogP) is 2.57. The quantitative estimate of drug-likeness (QED) is 0.775. The molecule has 0 amide bonds. The Morgan fingerprint density at radius 2 is 1.95 bits per heavy atom. The lowest BCUT2D eigenvalue weighted by atomic mass is 10.1. The van der Waals surface area contributed by atoms with Gasteiger partial charge in [0.15, 0.2) is 0 Å². The maximum Gasteiger partial charge on any atom is 0.240 e. The van der Waals surface area contributed by atoms with Crippen molar-refractivity contribution in [2.45, 2.75) is 45.6 Å². The highest BCUT2D eigenvalue weighted by atomic mass is 32.2. The lowest BCUT2D eigenvalue weighted by molar-refractivity contribution is 0.526. The molecule has 0 aliphatic heterocycles. The highest BCUT2D eigenvalue weighted by molar-refractivity contribution is 7.89. The largest absolute Gasteiger partial charge is 0.313 e. The van der Waals surface area contributed by atoms with Crippen molar-refractivity contribution in [2.24, 2.45) is 5.92 Å². The minimum absolute atomic E-state index is 0.0266. The van der Waals surface area contributed by atoms with Crippen molar-refractivity contribution < 1.29 is 12.8 Å². The van der Waals surface area contributed by atoms with Crippen LogP contribution in [0.15, 0.2) is 17.0 Å². The average Bonchev–Trinajstić information content (AvgIpc) is 2.45. The first-order valence-electron chi connectivity index (χ1n) is 7.31. The molecule has 6 heteroatoms. The molecule has 0 saturated heterocycles. The molecule has 0 aliphatic rings. The first-order valence-corrected chi connectivity index (χ1v) is 8.79. The number of rotatable bonds is 8. The zero-order valence-electron chi connectivity index (χ0n) is 13.2. The van der Waals surface area contributed by atoms with Crippen LogP contribution in [0.1, 0.15) is 38.3 Å². The van der Waals surface area contributed by atoms with Gasteiger partial charge in [-0.1, -0.05) is 27.2 Å². The van der Waals surface area contributed by atoms with E-state index in [4.69, 9.17) is 0 Å². The van der Waals surface area contributed by atoms with Crippen molar-refractivity contribution >= 4 is 10.0 Å². The van der Waals surface area contributed by atoms with Gasteiger partial charge in [-0.3, -0.25) is 0 Å². The number of nitrogens with one attached hydrogen (secondary N) is 2. The van der Waals surface area contributed by atoms with E-state index in [9.17, 15) is 12.8 Å². The number of sulfonamides is 1. The molecular weight excluding hydrogens is 291 g/mol. The standard InChI is InChI=1S/C15H25FN2O2S/c1-5-11(3)9-18-21(19,20)15-8-13(10-17-6-2)7-14(16)12(15)4/h7-8,11,17-18H,5-6,9-10H2,1-4H3. The van der Waals surface area contributed by atoms with Gasteiger partial charge in [0.25, 0.3) is 0 Å². The Kier molecular flexibility index (Phi) is 6.77. The van der Waals surface area contributed by atoms with Crippen LogP contribution in [0.4, 0.5) is 4.39 Å². The maximum absolute atomic E-state index is 13.9. The number of hydrogen-bond donors (Lipinski definition) is 2. The van der Waals surface area contributed by atoms with Gasteiger partial charge in [-0.25, -0.2) is 17.5 Å². The highest BCUT2D eigenvalue weighted by Gasteiger charge is 2.20. The van der Waals surface area contributed by atoms with Crippen molar-refractivity contribution in [3.05, 3.63) is 29.1 Å². The van der Waals surface area contributed by atoms with Crippen molar-refractivity contribution in [1.82, 2.24) is 10.0 Å². The van der Waals surface area contributed by atoms with Gasteiger partial charge in [0.1, 0.15) is 5.82 Å². The molecule has 1 aromatic rings. The molecule has 0 spiro atoms. The molecule has 0 fully saturated rings. The third-order valence-electron chi connectivity index (χ3n) is 3.54. The molecule has 0 aromatic heterocycles. The Morgan fingerprint density at radius 3 is 2.52 bits per heavy atom.